The predicted octanol–water partition coefficient (Wildman–Crippen LogP) is 2.50. The van der Waals surface area contributed by atoms with E-state index in [0.717, 1.165) is 29.3 Å². The lowest BCUT2D eigenvalue weighted by molar-refractivity contribution is 0.0978. The van der Waals surface area contributed by atoms with Crippen molar-refractivity contribution < 1.29 is 21.9 Å². The smallest absolute Gasteiger partial charge is 0.245 e. The van der Waals surface area contributed by atoms with E-state index < -0.39 is 26.6 Å². The molecule has 1 aliphatic rings. The first kappa shape index (κ1) is 16.6. The molecule has 1 fully saturated rings. The Morgan fingerprint density at radius 3 is 2.71 bits per heavy atom. The third kappa shape index (κ3) is 3.53. The number of rotatable bonds is 5. The molecule has 1 saturated heterocycles. The van der Waals surface area contributed by atoms with Crippen LogP contribution in [0.5, 0.6) is 0 Å². The Labute approximate surface area is 127 Å². The number of benzene rings is 1. The number of alkyl halides is 1. The largest absolute Gasteiger partial charge is 0.377 e. The van der Waals surface area contributed by atoms with Crippen molar-refractivity contribution in [1.82, 2.24) is 4.31 Å². The number of ether oxygens (including phenoxy) is 1. The second-order valence-electron chi connectivity index (χ2n) is 4.94. The van der Waals surface area contributed by atoms with Gasteiger partial charge in [0.1, 0.15) is 4.90 Å². The highest BCUT2D eigenvalue weighted by Gasteiger charge is 2.30. The zero-order valence-electron chi connectivity index (χ0n) is 11.5. The number of halogens is 3. The number of likely N-dealkylation sites (N-methyl/N-ethyl adjacent to an activating group) is 1. The minimum Gasteiger partial charge on any atom is -0.377 e. The van der Waals surface area contributed by atoms with Crippen LogP contribution in [0.3, 0.4) is 0 Å². The van der Waals surface area contributed by atoms with E-state index in [9.17, 15) is 17.2 Å². The van der Waals surface area contributed by atoms with Crippen LogP contribution < -0.4 is 0 Å². The summed E-state index contributed by atoms with van der Waals surface area (Å²) in [5, 5.41) is 0. The van der Waals surface area contributed by atoms with Crippen LogP contribution in [0.4, 0.5) is 8.78 Å². The molecule has 0 aliphatic carbocycles. The van der Waals surface area contributed by atoms with Gasteiger partial charge in [0.05, 0.1) is 6.10 Å². The number of sulfonamides is 1. The van der Waals surface area contributed by atoms with Crippen LogP contribution in [0.15, 0.2) is 17.0 Å². The molecule has 0 N–H and O–H groups in total. The normalized spacial score (nSPS) is 19.4. The minimum absolute atomic E-state index is 0.102. The molecule has 1 atom stereocenters. The maximum Gasteiger partial charge on any atom is 0.245 e. The van der Waals surface area contributed by atoms with E-state index in [4.69, 9.17) is 16.3 Å². The Morgan fingerprint density at radius 2 is 2.14 bits per heavy atom. The monoisotopic (exact) mass is 339 g/mol. The van der Waals surface area contributed by atoms with Crippen molar-refractivity contribution >= 4 is 21.6 Å². The molecular weight excluding hydrogens is 324 g/mol. The Morgan fingerprint density at radius 1 is 1.43 bits per heavy atom. The fourth-order valence-electron chi connectivity index (χ4n) is 2.22. The lowest BCUT2D eigenvalue weighted by Crippen LogP contribution is -2.34. The lowest BCUT2D eigenvalue weighted by Gasteiger charge is -2.21. The molecular formula is C13H16ClF2NO3S. The van der Waals surface area contributed by atoms with Crippen molar-refractivity contribution in [3.63, 3.8) is 0 Å². The van der Waals surface area contributed by atoms with Crippen molar-refractivity contribution in [1.29, 1.82) is 0 Å². The Balaban J connectivity index is 2.31. The lowest BCUT2D eigenvalue weighted by atomic mass is 10.2. The second-order valence-corrected chi connectivity index (χ2v) is 7.22. The molecule has 1 aromatic carbocycles. The maximum absolute atomic E-state index is 13.8. The van der Waals surface area contributed by atoms with Crippen LogP contribution >= 0.6 is 11.6 Å². The van der Waals surface area contributed by atoms with E-state index in [1.54, 1.807) is 0 Å². The highest BCUT2D eigenvalue weighted by atomic mass is 35.5. The van der Waals surface area contributed by atoms with Gasteiger partial charge in [-0.1, -0.05) is 0 Å². The molecule has 1 aromatic rings. The van der Waals surface area contributed by atoms with Gasteiger partial charge in [0.15, 0.2) is 11.6 Å². The van der Waals surface area contributed by atoms with Crippen LogP contribution in [-0.2, 0) is 20.6 Å². The van der Waals surface area contributed by atoms with Crippen LogP contribution in [0.2, 0.25) is 0 Å². The summed E-state index contributed by atoms with van der Waals surface area (Å²) >= 11 is 5.57. The maximum atomic E-state index is 13.8. The van der Waals surface area contributed by atoms with E-state index >= 15 is 0 Å². The molecule has 1 unspecified atom stereocenters. The minimum atomic E-state index is -4.13. The molecule has 0 aromatic heterocycles. The number of hydrogen-bond acceptors (Lipinski definition) is 3. The van der Waals surface area contributed by atoms with Crippen molar-refractivity contribution in [2.24, 2.45) is 0 Å². The van der Waals surface area contributed by atoms with E-state index in [1.807, 2.05) is 0 Å². The van der Waals surface area contributed by atoms with Gasteiger partial charge in [-0.3, -0.25) is 0 Å². The molecule has 0 radical (unpaired) electrons. The Kier molecular flexibility index (Phi) is 5.19. The number of hydrogen-bond donors (Lipinski definition) is 0. The van der Waals surface area contributed by atoms with Gasteiger partial charge in [-0.15, -0.1) is 11.6 Å². The van der Waals surface area contributed by atoms with Gasteiger partial charge in [-0.05, 0) is 30.5 Å². The van der Waals surface area contributed by atoms with E-state index in [-0.39, 0.29) is 24.1 Å². The van der Waals surface area contributed by atoms with Gasteiger partial charge >= 0.3 is 0 Å². The molecule has 0 bridgehead atoms. The zero-order valence-corrected chi connectivity index (χ0v) is 13.1. The first-order chi connectivity index (χ1) is 9.86. The van der Waals surface area contributed by atoms with Gasteiger partial charge in [0.25, 0.3) is 0 Å². The molecule has 21 heavy (non-hydrogen) atoms. The fraction of sp³-hybridized carbons (Fsp3) is 0.538. The molecule has 0 saturated carbocycles. The van der Waals surface area contributed by atoms with E-state index in [1.165, 1.54) is 7.05 Å². The van der Waals surface area contributed by atoms with Gasteiger partial charge in [-0.25, -0.2) is 17.2 Å². The Bertz CT molecular complexity index is 618. The van der Waals surface area contributed by atoms with Crippen molar-refractivity contribution in [2.75, 3.05) is 20.2 Å². The molecule has 1 heterocycles. The first-order valence-corrected chi connectivity index (χ1v) is 8.45. The van der Waals surface area contributed by atoms with Crippen LogP contribution in [-0.4, -0.2) is 39.0 Å². The van der Waals surface area contributed by atoms with Crippen molar-refractivity contribution in [3.05, 3.63) is 29.3 Å². The van der Waals surface area contributed by atoms with Crippen molar-refractivity contribution in [3.8, 4) is 0 Å². The highest BCUT2D eigenvalue weighted by Crippen LogP contribution is 2.24. The molecule has 1 aliphatic heterocycles. The van der Waals surface area contributed by atoms with Gasteiger partial charge in [-0.2, -0.15) is 4.31 Å². The molecule has 4 nitrogen and oxygen atoms in total. The van der Waals surface area contributed by atoms with Gasteiger partial charge < -0.3 is 4.74 Å². The van der Waals surface area contributed by atoms with Gasteiger partial charge in [0, 0.05) is 26.1 Å². The first-order valence-electron chi connectivity index (χ1n) is 6.48. The zero-order chi connectivity index (χ0) is 15.6. The third-order valence-electron chi connectivity index (χ3n) is 3.38. The topological polar surface area (TPSA) is 46.6 Å². The fourth-order valence-corrected chi connectivity index (χ4v) is 3.70. The van der Waals surface area contributed by atoms with Crippen LogP contribution in [0.25, 0.3) is 0 Å². The predicted molar refractivity (Wildman–Crippen MR) is 74.7 cm³/mol. The number of nitrogens with zero attached hydrogens (tertiary/aromatic N) is 1. The summed E-state index contributed by atoms with van der Waals surface area (Å²) in [5.74, 6) is -2.71. The van der Waals surface area contributed by atoms with Crippen LogP contribution in [0, 0.1) is 11.6 Å². The Hall–Kier alpha value is -0.760. The summed E-state index contributed by atoms with van der Waals surface area (Å²) in [6, 6.07) is 1.95. The molecule has 0 amide bonds. The van der Waals surface area contributed by atoms with Crippen molar-refractivity contribution in [2.45, 2.75) is 29.7 Å². The molecule has 8 heteroatoms. The summed E-state index contributed by atoms with van der Waals surface area (Å²) in [7, 11) is -2.81. The summed E-state index contributed by atoms with van der Waals surface area (Å²) in [5.41, 5.74) is 0.208. The summed E-state index contributed by atoms with van der Waals surface area (Å²) in [6.45, 7) is 0.692. The SMILES string of the molecule is CN(CC1CCCO1)S(=O)(=O)c1cc(CCl)cc(F)c1F. The van der Waals surface area contributed by atoms with Crippen LogP contribution in [0.1, 0.15) is 18.4 Å². The molecule has 2 rings (SSSR count). The third-order valence-corrected chi connectivity index (χ3v) is 5.51. The average Bonchev–Trinajstić information content (AvgIpc) is 2.94. The summed E-state index contributed by atoms with van der Waals surface area (Å²) in [4.78, 5) is -0.696. The van der Waals surface area contributed by atoms with E-state index in [2.05, 4.69) is 0 Å². The molecule has 118 valence electrons. The average molecular weight is 340 g/mol. The summed E-state index contributed by atoms with van der Waals surface area (Å²) in [6.07, 6.45) is 1.40. The standard InChI is InChI=1S/C13H16ClF2NO3S/c1-17(8-10-3-2-4-20-10)21(18,19)12-6-9(7-14)5-11(15)13(12)16/h5-6,10H,2-4,7-8H2,1H3. The molecule has 0 spiro atoms. The second kappa shape index (κ2) is 6.56. The quantitative estimate of drug-likeness (QED) is 0.774. The summed E-state index contributed by atoms with van der Waals surface area (Å²) < 4.78 is 58.4. The highest BCUT2D eigenvalue weighted by molar-refractivity contribution is 7.89. The van der Waals surface area contributed by atoms with Gasteiger partial charge in [0.2, 0.25) is 10.0 Å². The van der Waals surface area contributed by atoms with E-state index in [0.29, 0.717) is 6.61 Å².